The van der Waals surface area contributed by atoms with E-state index >= 15 is 0 Å². The Morgan fingerprint density at radius 1 is 0.269 bits per heavy atom. The Morgan fingerprint density at radius 2 is 0.500 bits per heavy atom. The van der Waals surface area contributed by atoms with E-state index in [4.69, 9.17) is 14.2 Å². The first kappa shape index (κ1) is 74.6. The molecule has 0 saturated carbocycles. The molecule has 0 radical (unpaired) electrons. The summed E-state index contributed by atoms with van der Waals surface area (Å²) in [6.45, 7) is 6.53. The van der Waals surface area contributed by atoms with E-state index in [1.807, 2.05) is 0 Å². The number of unbranched alkanes of at least 4 members (excludes halogenated alkanes) is 36. The largest absolute Gasteiger partial charge is 0.462 e. The van der Waals surface area contributed by atoms with Gasteiger partial charge in [-0.05, 0) is 96.3 Å². The molecule has 0 rings (SSSR count). The van der Waals surface area contributed by atoms with Gasteiger partial charge in [-0.3, -0.25) is 14.4 Å². The van der Waals surface area contributed by atoms with Gasteiger partial charge in [-0.2, -0.15) is 0 Å². The number of allylic oxidation sites excluding steroid dienone is 14. The summed E-state index contributed by atoms with van der Waals surface area (Å²) in [6, 6.07) is 0. The average molecular weight is 1090 g/mol. The Labute approximate surface area is 484 Å². The summed E-state index contributed by atoms with van der Waals surface area (Å²) in [5.41, 5.74) is 0. The fourth-order valence-corrected chi connectivity index (χ4v) is 9.62. The van der Waals surface area contributed by atoms with E-state index in [-0.39, 0.29) is 31.1 Å². The Balaban J connectivity index is 4.34. The molecule has 450 valence electrons. The van der Waals surface area contributed by atoms with Crippen molar-refractivity contribution in [2.45, 2.75) is 341 Å². The molecular formula is C72H126O6. The molecule has 0 N–H and O–H groups in total. The SMILES string of the molecule is CC/C=C\C/C=C\C/C=C\C/C=C\C/C=C\C/C=C\CCCCCCC(=O)OC(COC(=O)CCCCCCC/C=C\CCCCCC)COC(=O)CCCCCCCCCCCCCCCCCCCCCCCCCC. The molecule has 0 aromatic carbocycles. The van der Waals surface area contributed by atoms with Gasteiger partial charge in [0.2, 0.25) is 0 Å². The van der Waals surface area contributed by atoms with E-state index in [0.29, 0.717) is 19.3 Å². The topological polar surface area (TPSA) is 78.9 Å². The molecule has 0 bridgehead atoms. The second-order valence-corrected chi connectivity index (χ2v) is 22.4. The van der Waals surface area contributed by atoms with Crippen LogP contribution in [0.1, 0.15) is 335 Å². The van der Waals surface area contributed by atoms with Crippen LogP contribution in [0.4, 0.5) is 0 Å². The van der Waals surface area contributed by atoms with Gasteiger partial charge in [0.05, 0.1) is 0 Å². The van der Waals surface area contributed by atoms with Crippen LogP contribution in [0.2, 0.25) is 0 Å². The van der Waals surface area contributed by atoms with Gasteiger partial charge in [0, 0.05) is 19.3 Å². The summed E-state index contributed by atoms with van der Waals surface area (Å²) in [5, 5.41) is 0. The Hall–Kier alpha value is -3.41. The first-order valence-electron chi connectivity index (χ1n) is 33.6. The molecule has 6 nitrogen and oxygen atoms in total. The summed E-state index contributed by atoms with van der Waals surface area (Å²) in [7, 11) is 0. The summed E-state index contributed by atoms with van der Waals surface area (Å²) in [6.07, 6.45) is 87.4. The lowest BCUT2D eigenvalue weighted by atomic mass is 10.0. The van der Waals surface area contributed by atoms with E-state index in [1.54, 1.807) is 0 Å². The quantitative estimate of drug-likeness (QED) is 0.0261. The van der Waals surface area contributed by atoms with Crippen LogP contribution in [-0.2, 0) is 28.6 Å². The molecule has 0 fully saturated rings. The highest BCUT2D eigenvalue weighted by atomic mass is 16.6. The first-order valence-corrected chi connectivity index (χ1v) is 33.6. The van der Waals surface area contributed by atoms with Crippen LogP contribution in [0.3, 0.4) is 0 Å². The first-order chi connectivity index (χ1) is 38.5. The molecule has 0 amide bonds. The van der Waals surface area contributed by atoms with Crippen molar-refractivity contribution in [3.63, 3.8) is 0 Å². The van der Waals surface area contributed by atoms with Gasteiger partial charge in [0.25, 0.3) is 0 Å². The number of rotatable bonds is 61. The third-order valence-corrected chi connectivity index (χ3v) is 14.6. The lowest BCUT2D eigenvalue weighted by Gasteiger charge is -2.18. The highest BCUT2D eigenvalue weighted by Crippen LogP contribution is 2.17. The lowest BCUT2D eigenvalue weighted by molar-refractivity contribution is -0.167. The van der Waals surface area contributed by atoms with Crippen LogP contribution < -0.4 is 0 Å². The number of carbonyl (C=O) groups excluding carboxylic acids is 3. The van der Waals surface area contributed by atoms with Gasteiger partial charge >= 0.3 is 17.9 Å². The van der Waals surface area contributed by atoms with E-state index in [2.05, 4.69) is 106 Å². The van der Waals surface area contributed by atoms with Crippen molar-refractivity contribution in [1.29, 1.82) is 0 Å². The fourth-order valence-electron chi connectivity index (χ4n) is 9.62. The van der Waals surface area contributed by atoms with Gasteiger partial charge in [-0.1, -0.05) is 305 Å². The molecule has 0 aliphatic heterocycles. The van der Waals surface area contributed by atoms with Crippen molar-refractivity contribution in [3.8, 4) is 0 Å². The van der Waals surface area contributed by atoms with Crippen molar-refractivity contribution in [3.05, 3.63) is 85.1 Å². The molecule has 6 heteroatoms. The van der Waals surface area contributed by atoms with Crippen LogP contribution in [0, 0.1) is 0 Å². The van der Waals surface area contributed by atoms with Crippen LogP contribution in [0.5, 0.6) is 0 Å². The van der Waals surface area contributed by atoms with Crippen LogP contribution in [-0.4, -0.2) is 37.2 Å². The van der Waals surface area contributed by atoms with E-state index in [0.717, 1.165) is 116 Å². The molecular weight excluding hydrogens is 961 g/mol. The highest BCUT2D eigenvalue weighted by molar-refractivity contribution is 5.71. The molecule has 0 heterocycles. The second-order valence-electron chi connectivity index (χ2n) is 22.4. The minimum Gasteiger partial charge on any atom is -0.462 e. The zero-order valence-corrected chi connectivity index (χ0v) is 51.7. The molecule has 0 aromatic heterocycles. The average Bonchev–Trinajstić information content (AvgIpc) is 3.44. The van der Waals surface area contributed by atoms with E-state index in [9.17, 15) is 14.4 Å². The summed E-state index contributed by atoms with van der Waals surface area (Å²) >= 11 is 0. The minimum absolute atomic E-state index is 0.0869. The number of esters is 3. The molecule has 0 spiro atoms. The smallest absolute Gasteiger partial charge is 0.306 e. The monoisotopic (exact) mass is 1090 g/mol. The zero-order chi connectivity index (χ0) is 56.4. The van der Waals surface area contributed by atoms with Gasteiger partial charge in [0.1, 0.15) is 13.2 Å². The van der Waals surface area contributed by atoms with Gasteiger partial charge < -0.3 is 14.2 Å². The van der Waals surface area contributed by atoms with Crippen LogP contribution in [0.15, 0.2) is 85.1 Å². The van der Waals surface area contributed by atoms with Crippen LogP contribution >= 0.6 is 0 Å². The Kier molecular flexibility index (Phi) is 63.2. The van der Waals surface area contributed by atoms with Crippen molar-refractivity contribution in [2.24, 2.45) is 0 Å². The third-order valence-electron chi connectivity index (χ3n) is 14.6. The standard InChI is InChI=1S/C72H126O6/c1-4-7-10-13-16-19-22-25-27-29-31-33-35-37-38-40-42-44-47-50-53-56-59-62-65-71(74)77-68-69(67-76-70(73)64-61-58-55-52-49-46-24-21-18-15-12-9-6-3)78-72(75)66-63-60-57-54-51-48-45-43-41-39-36-34-32-30-28-26-23-20-17-14-11-8-5-2/h8,11,17,20-21,24,26,28,32,34,39,41,45,48,69H,4-7,9-10,12-16,18-19,22-23,25,27,29-31,33,35-38,40,42-44,46-47,49-68H2,1-3H3/b11-8-,20-17-,24-21-,28-26-,34-32-,41-39-,48-45-. The maximum absolute atomic E-state index is 12.9. The number of carbonyl (C=O) groups is 3. The van der Waals surface area contributed by atoms with Crippen LogP contribution in [0.25, 0.3) is 0 Å². The fraction of sp³-hybridized carbons (Fsp3) is 0.764. The lowest BCUT2D eigenvalue weighted by Crippen LogP contribution is -2.30. The molecule has 0 saturated heterocycles. The Morgan fingerprint density at radius 3 is 0.808 bits per heavy atom. The van der Waals surface area contributed by atoms with Gasteiger partial charge in [-0.15, -0.1) is 0 Å². The number of hydrogen-bond acceptors (Lipinski definition) is 6. The van der Waals surface area contributed by atoms with Crippen molar-refractivity contribution in [2.75, 3.05) is 13.2 Å². The normalized spacial score (nSPS) is 12.6. The molecule has 78 heavy (non-hydrogen) atoms. The number of hydrogen-bond donors (Lipinski definition) is 0. The predicted molar refractivity (Wildman–Crippen MR) is 339 cm³/mol. The highest BCUT2D eigenvalue weighted by Gasteiger charge is 2.19. The van der Waals surface area contributed by atoms with E-state index < -0.39 is 6.10 Å². The van der Waals surface area contributed by atoms with Gasteiger partial charge in [0.15, 0.2) is 6.10 Å². The Bertz CT molecular complexity index is 1480. The minimum atomic E-state index is -0.794. The second kappa shape index (κ2) is 66.1. The maximum Gasteiger partial charge on any atom is 0.306 e. The molecule has 0 aliphatic rings. The zero-order valence-electron chi connectivity index (χ0n) is 51.7. The molecule has 0 aliphatic carbocycles. The summed E-state index contributed by atoms with van der Waals surface area (Å²) in [4.78, 5) is 38.3. The molecule has 0 aromatic rings. The van der Waals surface area contributed by atoms with Gasteiger partial charge in [-0.25, -0.2) is 0 Å². The van der Waals surface area contributed by atoms with Crippen molar-refractivity contribution in [1.82, 2.24) is 0 Å². The molecule has 1 atom stereocenters. The van der Waals surface area contributed by atoms with E-state index in [1.165, 1.54) is 180 Å². The maximum atomic E-state index is 12.9. The summed E-state index contributed by atoms with van der Waals surface area (Å²) in [5.74, 6) is -0.906. The third kappa shape index (κ3) is 63.4. The number of ether oxygens (including phenoxy) is 3. The summed E-state index contributed by atoms with van der Waals surface area (Å²) < 4.78 is 16.9. The predicted octanol–water partition coefficient (Wildman–Crippen LogP) is 23.1. The molecule has 1 unspecified atom stereocenters. The van der Waals surface area contributed by atoms with Crippen molar-refractivity contribution >= 4 is 17.9 Å². The van der Waals surface area contributed by atoms with Crippen molar-refractivity contribution < 1.29 is 28.6 Å².